The Hall–Kier alpha value is -2.85. The van der Waals surface area contributed by atoms with Gasteiger partial charge < -0.3 is 10.3 Å². The maximum Gasteiger partial charge on any atom is 0.262 e. The van der Waals surface area contributed by atoms with Gasteiger partial charge in [0.2, 0.25) is 0 Å². The van der Waals surface area contributed by atoms with Crippen LogP contribution < -0.4 is 5.73 Å². The van der Waals surface area contributed by atoms with Crippen molar-refractivity contribution in [3.63, 3.8) is 0 Å². The minimum absolute atomic E-state index is 0.0161. The van der Waals surface area contributed by atoms with E-state index in [2.05, 4.69) is 0 Å². The summed E-state index contributed by atoms with van der Waals surface area (Å²) in [5.74, 6) is -0.0161. The van der Waals surface area contributed by atoms with Gasteiger partial charge in [-0.05, 0) is 48.2 Å². The molecule has 0 radical (unpaired) electrons. The molecule has 0 unspecified atom stereocenters. The number of aromatic nitrogens is 2. The van der Waals surface area contributed by atoms with Crippen molar-refractivity contribution in [2.75, 3.05) is 6.54 Å². The average Bonchev–Trinajstić information content (AvgIpc) is 3.16. The van der Waals surface area contributed by atoms with Crippen LogP contribution in [0.5, 0.6) is 0 Å². The fraction of sp³-hybridized carbons (Fsp3) is 0.150. The lowest BCUT2D eigenvalue weighted by Crippen LogP contribution is -2.11. The van der Waals surface area contributed by atoms with Crippen LogP contribution >= 0.6 is 0 Å². The second kappa shape index (κ2) is 5.65. The Labute approximate surface area is 140 Å². The number of para-hydroxylation sites is 1. The third kappa shape index (κ3) is 2.23. The summed E-state index contributed by atoms with van der Waals surface area (Å²) in [7, 11) is 1.99. The molecule has 0 aliphatic heterocycles. The molecule has 2 aromatic carbocycles. The molecule has 0 amide bonds. The minimum Gasteiger partial charge on any atom is -0.351 e. The lowest BCUT2D eigenvalue weighted by Gasteiger charge is -2.05. The van der Waals surface area contributed by atoms with Crippen LogP contribution in [0.1, 0.15) is 15.9 Å². The third-order valence-electron chi connectivity index (χ3n) is 4.56. The molecule has 0 spiro atoms. The summed E-state index contributed by atoms with van der Waals surface area (Å²) in [4.78, 5) is 13.1. The van der Waals surface area contributed by atoms with E-state index in [0.29, 0.717) is 12.1 Å². The molecular formula is C20H19N3O. The van der Waals surface area contributed by atoms with E-state index in [0.717, 1.165) is 33.8 Å². The van der Waals surface area contributed by atoms with Crippen LogP contribution in [0.2, 0.25) is 0 Å². The summed E-state index contributed by atoms with van der Waals surface area (Å²) in [6.07, 6.45) is 4.69. The monoisotopic (exact) mass is 317 g/mol. The maximum absolute atomic E-state index is 13.1. The highest BCUT2D eigenvalue weighted by molar-refractivity contribution is 6.04. The summed E-state index contributed by atoms with van der Waals surface area (Å²) >= 11 is 0. The predicted molar refractivity (Wildman–Crippen MR) is 97.3 cm³/mol. The van der Waals surface area contributed by atoms with Gasteiger partial charge in [-0.25, -0.2) is 0 Å². The number of nitrogens with zero attached hydrogens (tertiary/aromatic N) is 2. The lowest BCUT2D eigenvalue weighted by molar-refractivity contribution is 0.0965. The molecule has 120 valence electrons. The number of fused-ring (bicyclic) bond motifs is 2. The first kappa shape index (κ1) is 14.7. The van der Waals surface area contributed by atoms with Gasteiger partial charge in [0, 0.05) is 35.9 Å². The zero-order chi connectivity index (χ0) is 16.7. The van der Waals surface area contributed by atoms with Gasteiger partial charge in [0.15, 0.2) is 0 Å². The highest BCUT2D eigenvalue weighted by Gasteiger charge is 2.15. The predicted octanol–water partition coefficient (Wildman–Crippen LogP) is 3.32. The molecular weight excluding hydrogens is 298 g/mol. The van der Waals surface area contributed by atoms with E-state index >= 15 is 0 Å². The van der Waals surface area contributed by atoms with Crippen molar-refractivity contribution in [2.45, 2.75) is 6.42 Å². The van der Waals surface area contributed by atoms with Gasteiger partial charge in [-0.1, -0.05) is 24.3 Å². The highest BCUT2D eigenvalue weighted by atomic mass is 16.2. The van der Waals surface area contributed by atoms with Gasteiger partial charge in [0.1, 0.15) is 0 Å². The Morgan fingerprint density at radius 3 is 2.75 bits per heavy atom. The average molecular weight is 317 g/mol. The number of rotatable bonds is 3. The molecule has 4 aromatic rings. The first-order chi connectivity index (χ1) is 11.7. The second-order valence-electron chi connectivity index (χ2n) is 6.09. The topological polar surface area (TPSA) is 53.0 Å². The molecule has 0 bridgehead atoms. The van der Waals surface area contributed by atoms with Gasteiger partial charge in [-0.2, -0.15) is 0 Å². The fourth-order valence-electron chi connectivity index (χ4n) is 3.31. The van der Waals surface area contributed by atoms with E-state index in [1.54, 1.807) is 4.57 Å². The van der Waals surface area contributed by atoms with Crippen LogP contribution in [0.4, 0.5) is 0 Å². The molecule has 0 atom stereocenters. The van der Waals surface area contributed by atoms with Crippen molar-refractivity contribution in [1.82, 2.24) is 9.13 Å². The summed E-state index contributed by atoms with van der Waals surface area (Å²) in [5.41, 5.74) is 9.50. The SMILES string of the molecule is Cn1ccc2ccc(C(=O)n3cc(CCN)c4ccccc43)cc21. The Kier molecular flexibility index (Phi) is 3.47. The standard InChI is InChI=1S/C20H19N3O/c1-22-11-9-14-6-7-15(12-19(14)22)20(24)23-13-16(8-10-21)17-4-2-3-5-18(17)23/h2-7,9,11-13H,8,10,21H2,1H3. The van der Waals surface area contributed by atoms with Crippen molar-refractivity contribution in [1.29, 1.82) is 0 Å². The van der Waals surface area contributed by atoms with E-state index in [4.69, 9.17) is 5.73 Å². The van der Waals surface area contributed by atoms with Crippen LogP contribution in [0.3, 0.4) is 0 Å². The van der Waals surface area contributed by atoms with E-state index in [-0.39, 0.29) is 5.91 Å². The second-order valence-corrected chi connectivity index (χ2v) is 6.09. The molecule has 4 heteroatoms. The third-order valence-corrected chi connectivity index (χ3v) is 4.56. The summed E-state index contributed by atoms with van der Waals surface area (Å²) < 4.78 is 3.77. The van der Waals surface area contributed by atoms with Gasteiger partial charge in [-0.3, -0.25) is 9.36 Å². The van der Waals surface area contributed by atoms with Crippen molar-refractivity contribution in [2.24, 2.45) is 12.8 Å². The lowest BCUT2D eigenvalue weighted by atomic mass is 10.1. The number of nitrogens with two attached hydrogens (primary N) is 1. The molecule has 2 N–H and O–H groups in total. The number of aryl methyl sites for hydroxylation is 1. The number of hydrogen-bond donors (Lipinski definition) is 1. The largest absolute Gasteiger partial charge is 0.351 e. The molecule has 0 saturated heterocycles. The highest BCUT2D eigenvalue weighted by Crippen LogP contribution is 2.24. The Morgan fingerprint density at radius 1 is 1.08 bits per heavy atom. The first-order valence-electron chi connectivity index (χ1n) is 8.08. The van der Waals surface area contributed by atoms with Crippen LogP contribution in [0.25, 0.3) is 21.8 Å². The van der Waals surface area contributed by atoms with Gasteiger partial charge in [0.05, 0.1) is 5.52 Å². The van der Waals surface area contributed by atoms with Crippen LogP contribution in [-0.2, 0) is 13.5 Å². The number of benzene rings is 2. The van der Waals surface area contributed by atoms with E-state index in [9.17, 15) is 4.79 Å². The molecule has 4 rings (SSSR count). The van der Waals surface area contributed by atoms with Gasteiger partial charge in [-0.15, -0.1) is 0 Å². The van der Waals surface area contributed by atoms with Crippen LogP contribution in [0, 0.1) is 0 Å². The van der Waals surface area contributed by atoms with Gasteiger partial charge in [0.25, 0.3) is 5.91 Å². The molecule has 24 heavy (non-hydrogen) atoms. The van der Waals surface area contributed by atoms with Crippen molar-refractivity contribution >= 4 is 27.7 Å². The van der Waals surface area contributed by atoms with Gasteiger partial charge >= 0.3 is 0 Å². The number of carbonyl (C=O) groups is 1. The zero-order valence-electron chi connectivity index (χ0n) is 13.6. The molecule has 0 fully saturated rings. The van der Waals surface area contributed by atoms with E-state index < -0.39 is 0 Å². The van der Waals surface area contributed by atoms with Crippen molar-refractivity contribution < 1.29 is 4.79 Å². The smallest absolute Gasteiger partial charge is 0.262 e. The summed E-state index contributed by atoms with van der Waals surface area (Å²) in [6.45, 7) is 0.567. The fourth-order valence-corrected chi connectivity index (χ4v) is 3.31. The van der Waals surface area contributed by atoms with Crippen LogP contribution in [-0.4, -0.2) is 21.6 Å². The number of hydrogen-bond acceptors (Lipinski definition) is 2. The van der Waals surface area contributed by atoms with Crippen molar-refractivity contribution in [3.8, 4) is 0 Å². The first-order valence-corrected chi connectivity index (χ1v) is 8.08. The molecule has 2 heterocycles. The van der Waals surface area contributed by atoms with Crippen LogP contribution in [0.15, 0.2) is 60.9 Å². The van der Waals surface area contributed by atoms with E-state index in [1.807, 2.05) is 72.5 Å². The quantitative estimate of drug-likeness (QED) is 0.630. The Balaban J connectivity index is 1.86. The molecule has 0 aliphatic rings. The molecule has 4 nitrogen and oxygen atoms in total. The van der Waals surface area contributed by atoms with Crippen molar-refractivity contribution in [3.05, 3.63) is 72.1 Å². The summed E-state index contributed by atoms with van der Waals surface area (Å²) in [5, 5.41) is 2.23. The molecule has 2 aromatic heterocycles. The maximum atomic E-state index is 13.1. The normalized spacial score (nSPS) is 11.4. The number of carbonyl (C=O) groups excluding carboxylic acids is 1. The Bertz CT molecular complexity index is 1060. The zero-order valence-corrected chi connectivity index (χ0v) is 13.6. The van der Waals surface area contributed by atoms with E-state index in [1.165, 1.54) is 0 Å². The minimum atomic E-state index is -0.0161. The summed E-state index contributed by atoms with van der Waals surface area (Å²) in [6, 6.07) is 15.9. The Morgan fingerprint density at radius 2 is 1.92 bits per heavy atom. The molecule has 0 saturated carbocycles. The molecule has 0 aliphatic carbocycles.